The summed E-state index contributed by atoms with van der Waals surface area (Å²) in [6, 6.07) is 13.9. The molecule has 0 bridgehead atoms. The number of aromatic nitrogens is 3. The van der Waals surface area contributed by atoms with Gasteiger partial charge in [-0.25, -0.2) is 4.68 Å². The Balaban J connectivity index is 2.09. The number of nitrogens with zero attached hydrogens (tertiary/aromatic N) is 3. The van der Waals surface area contributed by atoms with Crippen molar-refractivity contribution in [2.75, 3.05) is 14.2 Å². The van der Waals surface area contributed by atoms with Crippen molar-refractivity contribution in [2.45, 2.75) is 19.8 Å². The van der Waals surface area contributed by atoms with E-state index in [2.05, 4.69) is 30.2 Å². The van der Waals surface area contributed by atoms with Gasteiger partial charge in [0.25, 0.3) is 0 Å². The maximum Gasteiger partial charge on any atom is 0.132 e. The van der Waals surface area contributed by atoms with Gasteiger partial charge in [-0.1, -0.05) is 37.3 Å². The molecule has 3 rings (SSSR count). The predicted octanol–water partition coefficient (Wildman–Crippen LogP) is 4.07. The van der Waals surface area contributed by atoms with Crippen molar-refractivity contribution in [3.63, 3.8) is 0 Å². The second-order valence-electron chi connectivity index (χ2n) is 5.83. The van der Waals surface area contributed by atoms with E-state index >= 15 is 0 Å². The third-order valence-electron chi connectivity index (χ3n) is 3.96. The minimum atomic E-state index is 0.328. The Morgan fingerprint density at radius 3 is 2.29 bits per heavy atom. The molecule has 124 valence electrons. The van der Waals surface area contributed by atoms with Crippen LogP contribution >= 0.6 is 0 Å². The van der Waals surface area contributed by atoms with Crippen LogP contribution in [-0.2, 0) is 0 Å². The Kier molecular flexibility index (Phi) is 4.51. The van der Waals surface area contributed by atoms with E-state index in [1.807, 2.05) is 42.6 Å². The molecule has 0 spiro atoms. The van der Waals surface area contributed by atoms with Crippen molar-refractivity contribution < 1.29 is 9.47 Å². The Morgan fingerprint density at radius 1 is 0.958 bits per heavy atom. The summed E-state index contributed by atoms with van der Waals surface area (Å²) in [6.45, 7) is 4.27. The van der Waals surface area contributed by atoms with Gasteiger partial charge in [0.05, 0.1) is 26.1 Å². The van der Waals surface area contributed by atoms with Crippen LogP contribution in [-0.4, -0.2) is 29.2 Å². The molecular formula is C19H21N3O2. The fraction of sp³-hybridized carbons (Fsp3) is 0.263. The number of benzene rings is 2. The van der Waals surface area contributed by atoms with Crippen molar-refractivity contribution in [3.05, 3.63) is 54.2 Å². The molecule has 5 nitrogen and oxygen atoms in total. The molecule has 1 aromatic heterocycles. The van der Waals surface area contributed by atoms with Crippen molar-refractivity contribution >= 4 is 0 Å². The number of para-hydroxylation sites is 1. The zero-order chi connectivity index (χ0) is 17.1. The average molecular weight is 323 g/mol. The van der Waals surface area contributed by atoms with Crippen LogP contribution in [0.4, 0.5) is 0 Å². The van der Waals surface area contributed by atoms with Crippen molar-refractivity contribution in [1.29, 1.82) is 0 Å². The van der Waals surface area contributed by atoms with Gasteiger partial charge in [-0.3, -0.25) is 0 Å². The second kappa shape index (κ2) is 6.74. The van der Waals surface area contributed by atoms with E-state index in [0.717, 1.165) is 34.0 Å². The first-order chi connectivity index (χ1) is 11.6. The molecule has 24 heavy (non-hydrogen) atoms. The van der Waals surface area contributed by atoms with Crippen LogP contribution in [0.3, 0.4) is 0 Å². The Hall–Kier alpha value is -2.82. The minimum Gasteiger partial charge on any atom is -0.496 e. The Morgan fingerprint density at radius 2 is 1.67 bits per heavy atom. The first kappa shape index (κ1) is 16.1. The number of hydrogen-bond acceptors (Lipinski definition) is 4. The van der Waals surface area contributed by atoms with Crippen LogP contribution in [0, 0.1) is 0 Å². The minimum absolute atomic E-state index is 0.328. The lowest BCUT2D eigenvalue weighted by Gasteiger charge is -2.15. The summed E-state index contributed by atoms with van der Waals surface area (Å²) in [5.41, 5.74) is 3.75. The molecule has 0 radical (unpaired) electrons. The van der Waals surface area contributed by atoms with Gasteiger partial charge in [-0.05, 0) is 29.7 Å². The van der Waals surface area contributed by atoms with E-state index in [9.17, 15) is 0 Å². The molecule has 0 fully saturated rings. The number of hydrogen-bond donors (Lipinski definition) is 0. The highest BCUT2D eigenvalue weighted by atomic mass is 16.5. The van der Waals surface area contributed by atoms with E-state index in [1.165, 1.54) is 0 Å². The fourth-order valence-corrected chi connectivity index (χ4v) is 2.67. The van der Waals surface area contributed by atoms with Crippen LogP contribution in [0.15, 0.2) is 48.7 Å². The summed E-state index contributed by atoms with van der Waals surface area (Å²) < 4.78 is 12.8. The molecule has 5 heteroatoms. The van der Waals surface area contributed by atoms with Gasteiger partial charge in [0.1, 0.15) is 17.2 Å². The number of methoxy groups -OCH3 is 2. The van der Waals surface area contributed by atoms with Crippen LogP contribution in [0.2, 0.25) is 0 Å². The molecule has 3 aromatic rings. The Bertz CT molecular complexity index is 826. The maximum absolute atomic E-state index is 5.53. The predicted molar refractivity (Wildman–Crippen MR) is 94.0 cm³/mol. The van der Waals surface area contributed by atoms with E-state index in [0.29, 0.717) is 5.92 Å². The molecular weight excluding hydrogens is 302 g/mol. The number of rotatable bonds is 5. The molecule has 0 saturated carbocycles. The molecule has 0 aliphatic rings. The van der Waals surface area contributed by atoms with Gasteiger partial charge in [0.15, 0.2) is 0 Å². The second-order valence-corrected chi connectivity index (χ2v) is 5.83. The quantitative estimate of drug-likeness (QED) is 0.710. The SMILES string of the molecule is COc1cc(OC)c(C(C)C)cc1-c1cn(-c2ccccc2)nn1. The molecule has 2 aromatic carbocycles. The largest absolute Gasteiger partial charge is 0.496 e. The zero-order valence-electron chi connectivity index (χ0n) is 14.4. The van der Waals surface area contributed by atoms with E-state index in [4.69, 9.17) is 9.47 Å². The van der Waals surface area contributed by atoms with Gasteiger partial charge in [0, 0.05) is 11.6 Å². The van der Waals surface area contributed by atoms with E-state index in [-0.39, 0.29) is 0 Å². The Labute approximate surface area is 141 Å². The lowest BCUT2D eigenvalue weighted by Crippen LogP contribution is -1.98. The number of ether oxygens (including phenoxy) is 2. The summed E-state index contributed by atoms with van der Waals surface area (Å²) in [5, 5.41) is 8.55. The third-order valence-corrected chi connectivity index (χ3v) is 3.96. The summed E-state index contributed by atoms with van der Waals surface area (Å²) in [6.07, 6.45) is 1.91. The van der Waals surface area contributed by atoms with Crippen LogP contribution in [0.1, 0.15) is 25.3 Å². The lowest BCUT2D eigenvalue weighted by atomic mass is 9.97. The van der Waals surface area contributed by atoms with E-state index in [1.54, 1.807) is 18.9 Å². The smallest absolute Gasteiger partial charge is 0.132 e. The van der Waals surface area contributed by atoms with E-state index < -0.39 is 0 Å². The normalized spacial score (nSPS) is 10.9. The monoisotopic (exact) mass is 323 g/mol. The fourth-order valence-electron chi connectivity index (χ4n) is 2.67. The molecule has 1 heterocycles. The van der Waals surface area contributed by atoms with Gasteiger partial charge >= 0.3 is 0 Å². The van der Waals surface area contributed by atoms with Crippen molar-refractivity contribution in [3.8, 4) is 28.4 Å². The lowest BCUT2D eigenvalue weighted by molar-refractivity contribution is 0.390. The average Bonchev–Trinajstić information content (AvgIpc) is 3.11. The van der Waals surface area contributed by atoms with Crippen LogP contribution in [0.5, 0.6) is 11.5 Å². The van der Waals surface area contributed by atoms with Gasteiger partial charge < -0.3 is 9.47 Å². The molecule has 0 aliphatic heterocycles. The molecule has 0 aliphatic carbocycles. The molecule has 0 amide bonds. The standard InChI is InChI=1S/C19H21N3O2/c1-13(2)15-10-16(19(24-4)11-18(15)23-3)17-12-22(21-20-17)14-8-6-5-7-9-14/h5-13H,1-4H3. The topological polar surface area (TPSA) is 49.2 Å². The van der Waals surface area contributed by atoms with Gasteiger partial charge in [0.2, 0.25) is 0 Å². The van der Waals surface area contributed by atoms with Crippen LogP contribution < -0.4 is 9.47 Å². The van der Waals surface area contributed by atoms with Crippen LogP contribution in [0.25, 0.3) is 16.9 Å². The molecule has 0 unspecified atom stereocenters. The van der Waals surface area contributed by atoms with Gasteiger partial charge in [-0.15, -0.1) is 5.10 Å². The summed E-state index contributed by atoms with van der Waals surface area (Å²) in [4.78, 5) is 0. The van der Waals surface area contributed by atoms with Crippen molar-refractivity contribution in [2.24, 2.45) is 0 Å². The highest BCUT2D eigenvalue weighted by Crippen LogP contribution is 2.38. The molecule has 0 atom stereocenters. The van der Waals surface area contributed by atoms with Crippen molar-refractivity contribution in [1.82, 2.24) is 15.0 Å². The zero-order valence-corrected chi connectivity index (χ0v) is 14.4. The third kappa shape index (κ3) is 2.97. The van der Waals surface area contributed by atoms with Gasteiger partial charge in [-0.2, -0.15) is 0 Å². The molecule has 0 saturated heterocycles. The molecule has 0 N–H and O–H groups in total. The summed E-state index contributed by atoms with van der Waals surface area (Å²) in [7, 11) is 3.32. The first-order valence-corrected chi connectivity index (χ1v) is 7.88. The summed E-state index contributed by atoms with van der Waals surface area (Å²) in [5.74, 6) is 1.87. The highest BCUT2D eigenvalue weighted by molar-refractivity contribution is 5.70. The first-order valence-electron chi connectivity index (χ1n) is 7.88. The summed E-state index contributed by atoms with van der Waals surface area (Å²) >= 11 is 0. The maximum atomic E-state index is 5.53. The highest BCUT2D eigenvalue weighted by Gasteiger charge is 2.17.